The van der Waals surface area contributed by atoms with Crippen LogP contribution in [0.2, 0.25) is 0 Å². The molecule has 5 rings (SSSR count). The number of phenols is 1. The molecule has 7 nitrogen and oxygen atoms in total. The molecule has 1 heterocycles. The van der Waals surface area contributed by atoms with Crippen LogP contribution >= 0.6 is 0 Å². The van der Waals surface area contributed by atoms with Crippen molar-refractivity contribution in [1.29, 1.82) is 0 Å². The summed E-state index contributed by atoms with van der Waals surface area (Å²) >= 11 is 0. The first-order valence-electron chi connectivity index (χ1n) is 10.9. The van der Waals surface area contributed by atoms with Crippen LogP contribution < -0.4 is 10.6 Å². The average molecular weight is 463 g/mol. The van der Waals surface area contributed by atoms with Gasteiger partial charge in [-0.25, -0.2) is 4.79 Å². The molecule has 4 N–H and O–H groups in total. The number of amides is 1. The molecule has 4 aromatic carbocycles. The van der Waals surface area contributed by atoms with Crippen molar-refractivity contribution >= 4 is 39.8 Å². The number of carboxylic acids is 1. The van der Waals surface area contributed by atoms with Crippen LogP contribution in [0, 0.1) is 0 Å². The largest absolute Gasteiger partial charge is 0.508 e. The number of benzene rings is 4. The number of hydrogen-bond acceptors (Lipinski definition) is 4. The Balaban J connectivity index is 1.72. The molecule has 0 fully saturated rings. The summed E-state index contributed by atoms with van der Waals surface area (Å²) in [6, 6.07) is 27.6. The number of aromatic nitrogens is 1. The van der Waals surface area contributed by atoms with Crippen LogP contribution in [0.1, 0.15) is 20.7 Å². The number of phenolic OH excluding ortho intramolecular Hbond substituents is 1. The van der Waals surface area contributed by atoms with Gasteiger partial charge in [0.2, 0.25) is 0 Å². The Kier molecular flexibility index (Phi) is 5.43. The quantitative estimate of drug-likeness (QED) is 0.294. The molecule has 35 heavy (non-hydrogen) atoms. The molecule has 0 spiro atoms. The smallest absolute Gasteiger partial charge is 0.337 e. The van der Waals surface area contributed by atoms with Crippen molar-refractivity contribution in [1.82, 2.24) is 4.57 Å². The SMILES string of the molecule is Nc1ccc(-n2cc(C(=O)N(c3ccccc3)c3ccc(O)cc3)c3ccccc32)c(C(=O)O)c1. The number of para-hydroxylation sites is 2. The van der Waals surface area contributed by atoms with E-state index in [4.69, 9.17) is 5.73 Å². The summed E-state index contributed by atoms with van der Waals surface area (Å²) in [7, 11) is 0. The van der Waals surface area contributed by atoms with Crippen LogP contribution in [0.15, 0.2) is 103 Å². The third kappa shape index (κ3) is 3.95. The third-order valence-corrected chi connectivity index (χ3v) is 5.78. The zero-order valence-corrected chi connectivity index (χ0v) is 18.5. The lowest BCUT2D eigenvalue weighted by molar-refractivity contribution is 0.0696. The van der Waals surface area contributed by atoms with Gasteiger partial charge in [0.1, 0.15) is 5.75 Å². The summed E-state index contributed by atoms with van der Waals surface area (Å²) < 4.78 is 1.70. The predicted octanol–water partition coefficient (Wildman–Crippen LogP) is 5.60. The van der Waals surface area contributed by atoms with E-state index < -0.39 is 5.97 Å². The molecule has 0 saturated heterocycles. The van der Waals surface area contributed by atoms with Gasteiger partial charge in [0.05, 0.1) is 22.3 Å². The highest BCUT2D eigenvalue weighted by atomic mass is 16.4. The van der Waals surface area contributed by atoms with Crippen molar-refractivity contribution in [2.24, 2.45) is 0 Å². The maximum absolute atomic E-state index is 14.1. The van der Waals surface area contributed by atoms with Crippen LogP contribution in [0.25, 0.3) is 16.6 Å². The van der Waals surface area contributed by atoms with Gasteiger partial charge in [-0.2, -0.15) is 0 Å². The van der Waals surface area contributed by atoms with Crippen molar-refractivity contribution in [3.63, 3.8) is 0 Å². The third-order valence-electron chi connectivity index (χ3n) is 5.78. The molecule has 0 aliphatic carbocycles. The highest BCUT2D eigenvalue weighted by molar-refractivity contribution is 6.17. The van der Waals surface area contributed by atoms with Gasteiger partial charge in [-0.15, -0.1) is 0 Å². The Hall–Kier alpha value is -5.04. The molecular weight excluding hydrogens is 442 g/mol. The number of carboxylic acid groups (broad SMARTS) is 1. The summed E-state index contributed by atoms with van der Waals surface area (Å²) in [6.07, 6.45) is 1.65. The molecule has 7 heteroatoms. The Morgan fingerprint density at radius 3 is 2.14 bits per heavy atom. The Labute approximate surface area is 200 Å². The first kappa shape index (κ1) is 21.8. The van der Waals surface area contributed by atoms with Gasteiger partial charge < -0.3 is 20.5 Å². The lowest BCUT2D eigenvalue weighted by atomic mass is 10.1. The summed E-state index contributed by atoms with van der Waals surface area (Å²) in [6.45, 7) is 0. The average Bonchev–Trinajstić information content (AvgIpc) is 3.25. The minimum absolute atomic E-state index is 0.0307. The molecule has 0 radical (unpaired) electrons. The van der Waals surface area contributed by atoms with Gasteiger partial charge in [-0.1, -0.05) is 36.4 Å². The Morgan fingerprint density at radius 1 is 0.771 bits per heavy atom. The van der Waals surface area contributed by atoms with Crippen LogP contribution in [0.3, 0.4) is 0 Å². The fraction of sp³-hybridized carbons (Fsp3) is 0. The lowest BCUT2D eigenvalue weighted by Crippen LogP contribution is -2.25. The monoisotopic (exact) mass is 463 g/mol. The predicted molar refractivity (Wildman–Crippen MR) is 136 cm³/mol. The molecule has 0 bridgehead atoms. The van der Waals surface area contributed by atoms with Crippen LogP contribution in [-0.4, -0.2) is 26.7 Å². The number of aromatic carboxylic acids is 1. The van der Waals surface area contributed by atoms with Crippen LogP contribution in [0.5, 0.6) is 5.75 Å². The second-order valence-corrected chi connectivity index (χ2v) is 8.00. The maximum Gasteiger partial charge on any atom is 0.337 e. The van der Waals surface area contributed by atoms with Gasteiger partial charge in [0.15, 0.2) is 0 Å². The van der Waals surface area contributed by atoms with Crippen molar-refractivity contribution < 1.29 is 19.8 Å². The van der Waals surface area contributed by atoms with Gasteiger partial charge in [-0.3, -0.25) is 9.69 Å². The molecule has 0 unspecified atom stereocenters. The van der Waals surface area contributed by atoms with E-state index in [1.165, 1.54) is 18.2 Å². The zero-order valence-electron chi connectivity index (χ0n) is 18.5. The highest BCUT2D eigenvalue weighted by Crippen LogP contribution is 2.33. The van der Waals surface area contributed by atoms with Gasteiger partial charge in [0.25, 0.3) is 5.91 Å². The first-order valence-corrected chi connectivity index (χ1v) is 10.9. The number of anilines is 3. The molecule has 0 aliphatic heterocycles. The number of hydrogen-bond donors (Lipinski definition) is 3. The van der Waals surface area contributed by atoms with Crippen molar-refractivity contribution in [3.8, 4) is 11.4 Å². The normalized spacial score (nSPS) is 10.9. The standard InChI is InChI=1S/C28H21N3O4/c29-18-10-15-26(23(16-18)28(34)35)30-17-24(22-8-4-5-9-25(22)30)27(33)31(19-6-2-1-3-7-19)20-11-13-21(32)14-12-20/h1-17,32H,29H2,(H,34,35). The molecule has 0 atom stereocenters. The van der Waals surface area contributed by atoms with E-state index in [0.29, 0.717) is 39.2 Å². The molecule has 1 amide bonds. The van der Waals surface area contributed by atoms with E-state index in [1.807, 2.05) is 54.6 Å². The second-order valence-electron chi connectivity index (χ2n) is 8.00. The number of aromatic hydroxyl groups is 1. The lowest BCUT2D eigenvalue weighted by Gasteiger charge is -2.23. The summed E-state index contributed by atoms with van der Waals surface area (Å²) in [5.74, 6) is -1.33. The Morgan fingerprint density at radius 2 is 1.43 bits per heavy atom. The fourth-order valence-electron chi connectivity index (χ4n) is 4.17. The van der Waals surface area contributed by atoms with Crippen molar-refractivity contribution in [2.75, 3.05) is 10.6 Å². The Bertz CT molecular complexity index is 1560. The molecule has 172 valence electrons. The summed E-state index contributed by atoms with van der Waals surface area (Å²) in [4.78, 5) is 27.6. The number of fused-ring (bicyclic) bond motifs is 1. The van der Waals surface area contributed by atoms with E-state index in [9.17, 15) is 19.8 Å². The topological polar surface area (TPSA) is 109 Å². The van der Waals surface area contributed by atoms with E-state index >= 15 is 0 Å². The van der Waals surface area contributed by atoms with E-state index in [1.54, 1.807) is 39.9 Å². The molecule has 1 aromatic heterocycles. The number of carbonyl (C=O) groups is 2. The van der Waals surface area contributed by atoms with E-state index in [0.717, 1.165) is 0 Å². The summed E-state index contributed by atoms with van der Waals surface area (Å²) in [5, 5.41) is 20.2. The molecule has 0 saturated carbocycles. The van der Waals surface area contributed by atoms with Crippen molar-refractivity contribution in [2.45, 2.75) is 0 Å². The van der Waals surface area contributed by atoms with E-state index in [2.05, 4.69) is 0 Å². The van der Waals surface area contributed by atoms with Gasteiger partial charge in [0, 0.05) is 28.6 Å². The molecule has 5 aromatic rings. The maximum atomic E-state index is 14.1. The van der Waals surface area contributed by atoms with Crippen molar-refractivity contribution in [3.05, 3.63) is 114 Å². The van der Waals surface area contributed by atoms with Gasteiger partial charge >= 0.3 is 5.97 Å². The number of carbonyl (C=O) groups excluding carboxylic acids is 1. The highest BCUT2D eigenvalue weighted by Gasteiger charge is 2.25. The molecular formula is C28H21N3O4. The van der Waals surface area contributed by atoms with Crippen LogP contribution in [-0.2, 0) is 0 Å². The minimum atomic E-state index is -1.12. The minimum Gasteiger partial charge on any atom is -0.508 e. The number of rotatable bonds is 5. The fourth-order valence-corrected chi connectivity index (χ4v) is 4.17. The zero-order chi connectivity index (χ0) is 24.5. The summed E-state index contributed by atoms with van der Waals surface area (Å²) in [5.41, 5.74) is 8.91. The van der Waals surface area contributed by atoms with Crippen LogP contribution in [0.4, 0.5) is 17.1 Å². The van der Waals surface area contributed by atoms with Gasteiger partial charge in [-0.05, 0) is 60.7 Å². The number of nitrogen functional groups attached to an aromatic ring is 1. The van der Waals surface area contributed by atoms with E-state index in [-0.39, 0.29) is 17.2 Å². The molecule has 0 aliphatic rings. The first-order chi connectivity index (χ1) is 16.9. The number of nitrogens with two attached hydrogens (primary N) is 1. The number of nitrogens with zero attached hydrogens (tertiary/aromatic N) is 2. The second kappa shape index (κ2) is 8.72.